The van der Waals surface area contributed by atoms with E-state index in [9.17, 15) is 9.59 Å². The summed E-state index contributed by atoms with van der Waals surface area (Å²) in [5.41, 5.74) is 0.606. The zero-order valence-corrected chi connectivity index (χ0v) is 8.84. The Bertz CT molecular complexity index is 422. The van der Waals surface area contributed by atoms with Crippen molar-refractivity contribution in [1.82, 2.24) is 10.1 Å². The molecule has 0 aromatic carbocycles. The van der Waals surface area contributed by atoms with Gasteiger partial charge < -0.3 is 14.5 Å². The van der Waals surface area contributed by atoms with E-state index in [1.807, 2.05) is 0 Å². The summed E-state index contributed by atoms with van der Waals surface area (Å²) in [5.74, 6) is -1.31. The Morgan fingerprint density at radius 2 is 2.31 bits per heavy atom. The van der Waals surface area contributed by atoms with Crippen LogP contribution >= 0.6 is 0 Å². The first-order valence-electron chi connectivity index (χ1n) is 5.04. The van der Waals surface area contributed by atoms with Crippen LogP contribution in [0, 0.1) is 6.92 Å². The molecule has 1 saturated carbocycles. The smallest absolute Gasteiger partial charge is 0.323 e. The van der Waals surface area contributed by atoms with Crippen molar-refractivity contribution in [1.29, 1.82) is 0 Å². The molecule has 1 fully saturated rings. The van der Waals surface area contributed by atoms with Crippen LogP contribution in [0.1, 0.15) is 29.1 Å². The molecule has 0 spiro atoms. The third-order valence-electron chi connectivity index (χ3n) is 2.39. The van der Waals surface area contributed by atoms with Crippen molar-refractivity contribution in [2.45, 2.75) is 25.8 Å². The molecule has 1 aromatic heterocycles. The highest BCUT2D eigenvalue weighted by atomic mass is 16.5. The van der Waals surface area contributed by atoms with Crippen LogP contribution in [0.3, 0.4) is 0 Å². The second-order valence-electron chi connectivity index (χ2n) is 3.89. The van der Waals surface area contributed by atoms with Gasteiger partial charge in [-0.1, -0.05) is 5.16 Å². The fourth-order valence-corrected chi connectivity index (χ4v) is 1.50. The van der Waals surface area contributed by atoms with Crippen LogP contribution in [-0.2, 0) is 4.79 Å². The molecule has 0 aliphatic heterocycles. The average molecular weight is 224 g/mol. The summed E-state index contributed by atoms with van der Waals surface area (Å²) in [6.45, 7) is 1.42. The van der Waals surface area contributed by atoms with Gasteiger partial charge in [0.25, 0.3) is 5.91 Å². The first kappa shape index (κ1) is 10.7. The maximum Gasteiger partial charge on any atom is 0.323 e. The molecule has 1 aliphatic carbocycles. The van der Waals surface area contributed by atoms with Crippen molar-refractivity contribution >= 4 is 11.9 Å². The first-order chi connectivity index (χ1) is 7.58. The number of aromatic nitrogens is 1. The molecule has 1 heterocycles. The summed E-state index contributed by atoms with van der Waals surface area (Å²) in [5, 5.41) is 12.3. The number of carboxylic acids is 1. The molecule has 0 unspecified atom stereocenters. The van der Waals surface area contributed by atoms with Crippen molar-refractivity contribution < 1.29 is 19.2 Å². The van der Waals surface area contributed by atoms with Gasteiger partial charge in [-0.2, -0.15) is 0 Å². The number of nitrogens with zero attached hydrogens (tertiary/aromatic N) is 2. The number of carboxylic acid groups (broad SMARTS) is 1. The van der Waals surface area contributed by atoms with Gasteiger partial charge in [0.1, 0.15) is 6.54 Å². The molecule has 1 aromatic rings. The molecule has 0 bridgehead atoms. The van der Waals surface area contributed by atoms with Gasteiger partial charge in [-0.25, -0.2) is 0 Å². The quantitative estimate of drug-likeness (QED) is 0.812. The number of aliphatic carboxylic acids is 1. The molecule has 1 aliphatic rings. The lowest BCUT2D eigenvalue weighted by Crippen LogP contribution is -2.37. The van der Waals surface area contributed by atoms with Gasteiger partial charge in [0, 0.05) is 12.1 Å². The number of hydrogen-bond acceptors (Lipinski definition) is 4. The number of carbonyl (C=O) groups is 2. The highest BCUT2D eigenvalue weighted by Gasteiger charge is 2.35. The molecule has 16 heavy (non-hydrogen) atoms. The lowest BCUT2D eigenvalue weighted by molar-refractivity contribution is -0.137. The molecule has 86 valence electrons. The summed E-state index contributed by atoms with van der Waals surface area (Å²) in [6, 6.07) is 1.55. The molecule has 2 rings (SSSR count). The van der Waals surface area contributed by atoms with E-state index in [0.717, 1.165) is 12.8 Å². The second kappa shape index (κ2) is 3.96. The third-order valence-corrected chi connectivity index (χ3v) is 2.39. The average Bonchev–Trinajstić information content (AvgIpc) is 2.96. The minimum atomic E-state index is -1.02. The maximum atomic E-state index is 11.9. The van der Waals surface area contributed by atoms with Gasteiger partial charge in [-0.05, 0) is 19.8 Å². The van der Waals surface area contributed by atoms with Gasteiger partial charge in [-0.3, -0.25) is 9.59 Å². The Morgan fingerprint density at radius 1 is 1.62 bits per heavy atom. The predicted octanol–water partition coefficient (Wildman–Crippen LogP) is 0.672. The van der Waals surface area contributed by atoms with E-state index in [1.54, 1.807) is 6.92 Å². The zero-order chi connectivity index (χ0) is 11.7. The minimum Gasteiger partial charge on any atom is -0.480 e. The fraction of sp³-hybridized carbons (Fsp3) is 0.500. The van der Waals surface area contributed by atoms with E-state index in [0.29, 0.717) is 5.69 Å². The maximum absolute atomic E-state index is 11.9. The molecule has 0 atom stereocenters. The van der Waals surface area contributed by atoms with Crippen molar-refractivity contribution in [2.75, 3.05) is 6.54 Å². The largest absolute Gasteiger partial charge is 0.480 e. The molecule has 6 nitrogen and oxygen atoms in total. The van der Waals surface area contributed by atoms with E-state index >= 15 is 0 Å². The van der Waals surface area contributed by atoms with Gasteiger partial charge in [-0.15, -0.1) is 0 Å². The molecule has 6 heteroatoms. The summed E-state index contributed by atoms with van der Waals surface area (Å²) in [4.78, 5) is 23.9. The van der Waals surface area contributed by atoms with E-state index < -0.39 is 11.9 Å². The van der Waals surface area contributed by atoms with Crippen LogP contribution < -0.4 is 0 Å². The van der Waals surface area contributed by atoms with Crippen LogP contribution in [0.15, 0.2) is 10.6 Å². The highest BCUT2D eigenvalue weighted by molar-refractivity contribution is 5.93. The lowest BCUT2D eigenvalue weighted by atomic mass is 10.3. The van der Waals surface area contributed by atoms with Crippen molar-refractivity contribution in [3.8, 4) is 0 Å². The lowest BCUT2D eigenvalue weighted by Gasteiger charge is -2.17. The van der Waals surface area contributed by atoms with E-state index in [-0.39, 0.29) is 18.3 Å². The van der Waals surface area contributed by atoms with E-state index in [4.69, 9.17) is 9.63 Å². The number of rotatable bonds is 4. The Hall–Kier alpha value is -1.85. The topological polar surface area (TPSA) is 83.6 Å². The van der Waals surface area contributed by atoms with Crippen molar-refractivity contribution in [3.63, 3.8) is 0 Å². The Kier molecular flexibility index (Phi) is 2.64. The molecular formula is C10H12N2O4. The predicted molar refractivity (Wildman–Crippen MR) is 52.9 cm³/mol. The SMILES string of the molecule is Cc1cc(C(=O)N(CC(=O)O)C2CC2)on1. The summed E-state index contributed by atoms with van der Waals surface area (Å²) in [6.07, 6.45) is 1.71. The standard InChI is InChI=1S/C10H12N2O4/c1-6-4-8(16-11-6)10(15)12(5-9(13)14)7-2-3-7/h4,7H,2-3,5H2,1H3,(H,13,14). The van der Waals surface area contributed by atoms with E-state index in [1.165, 1.54) is 11.0 Å². The third kappa shape index (κ3) is 2.21. The van der Waals surface area contributed by atoms with Crippen LogP contribution in [0.4, 0.5) is 0 Å². The monoisotopic (exact) mass is 224 g/mol. The van der Waals surface area contributed by atoms with Gasteiger partial charge in [0.15, 0.2) is 0 Å². The number of aryl methyl sites for hydroxylation is 1. The van der Waals surface area contributed by atoms with Crippen LogP contribution in [-0.4, -0.2) is 39.6 Å². The summed E-state index contributed by atoms with van der Waals surface area (Å²) in [7, 11) is 0. The number of hydrogen-bond donors (Lipinski definition) is 1. The Balaban J connectivity index is 2.13. The van der Waals surface area contributed by atoms with Crippen LogP contribution in [0.5, 0.6) is 0 Å². The molecule has 1 N–H and O–H groups in total. The van der Waals surface area contributed by atoms with Gasteiger partial charge >= 0.3 is 5.97 Å². The molecule has 0 saturated heterocycles. The molecule has 0 radical (unpaired) electrons. The van der Waals surface area contributed by atoms with Crippen LogP contribution in [0.2, 0.25) is 0 Å². The molecular weight excluding hydrogens is 212 g/mol. The van der Waals surface area contributed by atoms with Crippen LogP contribution in [0.25, 0.3) is 0 Å². The van der Waals surface area contributed by atoms with Crippen molar-refractivity contribution in [2.24, 2.45) is 0 Å². The number of amides is 1. The van der Waals surface area contributed by atoms with Gasteiger partial charge in [0.05, 0.1) is 5.69 Å². The van der Waals surface area contributed by atoms with Crippen molar-refractivity contribution in [3.05, 3.63) is 17.5 Å². The summed E-state index contributed by atoms with van der Waals surface area (Å²) < 4.78 is 4.83. The second-order valence-corrected chi connectivity index (χ2v) is 3.89. The normalized spacial score (nSPS) is 14.8. The Labute approximate surface area is 91.8 Å². The Morgan fingerprint density at radius 3 is 2.75 bits per heavy atom. The summed E-state index contributed by atoms with van der Waals surface area (Å²) >= 11 is 0. The minimum absolute atomic E-state index is 0.0361. The first-order valence-corrected chi connectivity index (χ1v) is 5.04. The van der Waals surface area contributed by atoms with Gasteiger partial charge in [0.2, 0.25) is 5.76 Å². The number of carbonyl (C=O) groups excluding carboxylic acids is 1. The fourth-order valence-electron chi connectivity index (χ4n) is 1.50. The van der Waals surface area contributed by atoms with E-state index in [2.05, 4.69) is 5.16 Å². The molecule has 1 amide bonds. The zero-order valence-electron chi connectivity index (χ0n) is 8.84. The highest BCUT2D eigenvalue weighted by Crippen LogP contribution is 2.28.